The molecule has 2 aromatic heterocycles. The van der Waals surface area contributed by atoms with Gasteiger partial charge in [0, 0.05) is 67.6 Å². The highest BCUT2D eigenvalue weighted by molar-refractivity contribution is 6.12. The third kappa shape index (κ3) is 17.8. The number of benzene rings is 2. The summed E-state index contributed by atoms with van der Waals surface area (Å²) in [7, 11) is 0. The van der Waals surface area contributed by atoms with Crippen molar-refractivity contribution in [1.29, 1.82) is 0 Å². The SMILES string of the molecule is CC.CC(=O)NCCOCNC(=O)CNC(=O)C(Cc1ccccc1)NC(=O)CNC(=O)CNC(=O)CCCCCN1C(=O)C=CC1=O.CCC(C)Cc1c(C(O)C(C)=O)cc2n(c1=O)Cc1c-2nc2cc(F)c(C)c3c2c1CCC3. The molecule has 21 nitrogen and oxygen atoms in total. The van der Waals surface area contributed by atoms with E-state index < -0.39 is 48.1 Å². The van der Waals surface area contributed by atoms with Crippen molar-refractivity contribution in [2.75, 3.05) is 46.1 Å². The summed E-state index contributed by atoms with van der Waals surface area (Å²) >= 11 is 0. The molecule has 0 spiro atoms. The first-order chi connectivity index (χ1) is 38.8. The quantitative estimate of drug-likeness (QED) is 0.0238. The van der Waals surface area contributed by atoms with Crippen LogP contribution >= 0.6 is 0 Å². The Balaban J connectivity index is 0.000000301. The van der Waals surface area contributed by atoms with Crippen molar-refractivity contribution in [3.05, 3.63) is 110 Å². The van der Waals surface area contributed by atoms with Crippen molar-refractivity contribution < 1.29 is 57.4 Å². The Morgan fingerprint density at radius 3 is 2.12 bits per heavy atom. The van der Waals surface area contributed by atoms with Gasteiger partial charge in [0.15, 0.2) is 5.78 Å². The van der Waals surface area contributed by atoms with Crippen molar-refractivity contribution in [3.63, 3.8) is 0 Å². The lowest BCUT2D eigenvalue weighted by atomic mass is 9.85. The van der Waals surface area contributed by atoms with Gasteiger partial charge in [-0.2, -0.15) is 0 Å². The highest BCUT2D eigenvalue weighted by Gasteiger charge is 2.33. The van der Waals surface area contributed by atoms with Crippen LogP contribution in [0.15, 0.2) is 59.4 Å². The number of aliphatic hydroxyl groups is 1. The predicted molar refractivity (Wildman–Crippen MR) is 300 cm³/mol. The van der Waals surface area contributed by atoms with Gasteiger partial charge in [-0.1, -0.05) is 70.9 Å². The molecule has 22 heteroatoms. The molecule has 4 aromatic rings. The highest BCUT2D eigenvalue weighted by atomic mass is 19.1. The summed E-state index contributed by atoms with van der Waals surface area (Å²) in [5, 5.41) is 26.6. The smallest absolute Gasteiger partial charge is 0.254 e. The van der Waals surface area contributed by atoms with Crippen molar-refractivity contribution in [2.24, 2.45) is 5.92 Å². The van der Waals surface area contributed by atoms with E-state index in [0.717, 1.165) is 58.2 Å². The van der Waals surface area contributed by atoms with E-state index in [-0.39, 0.29) is 93.3 Å². The topological polar surface area (TPSA) is 293 Å². The van der Waals surface area contributed by atoms with Gasteiger partial charge in [-0.15, -0.1) is 0 Å². The van der Waals surface area contributed by atoms with Crippen molar-refractivity contribution >= 4 is 63.9 Å². The summed E-state index contributed by atoms with van der Waals surface area (Å²) in [5.74, 6) is -4.09. The lowest BCUT2D eigenvalue weighted by Crippen LogP contribution is -2.52. The van der Waals surface area contributed by atoms with Crippen LogP contribution in [0.4, 0.5) is 4.39 Å². The van der Waals surface area contributed by atoms with Crippen LogP contribution in [-0.4, -0.2) is 125 Å². The maximum absolute atomic E-state index is 14.7. The zero-order chi connectivity index (χ0) is 59.3. The summed E-state index contributed by atoms with van der Waals surface area (Å²) < 4.78 is 21.6. The number of Topliss-reactive ketones (excluding diaryl/α,β-unsaturated/α-hetero) is 1. The Morgan fingerprint density at radius 2 is 1.44 bits per heavy atom. The predicted octanol–water partition coefficient (Wildman–Crippen LogP) is 3.37. The molecule has 2 aromatic carbocycles. The number of pyridine rings is 2. The largest absolute Gasteiger partial charge is 0.381 e. The molecule has 0 saturated heterocycles. The number of fused-ring (bicyclic) bond motifs is 4. The number of nitrogens with zero attached hydrogens (tertiary/aromatic N) is 3. The van der Waals surface area contributed by atoms with Crippen LogP contribution in [0, 0.1) is 18.7 Å². The fourth-order valence-electron chi connectivity index (χ4n) is 9.54. The second-order valence-corrected chi connectivity index (χ2v) is 19.9. The van der Waals surface area contributed by atoms with Gasteiger partial charge in [-0.05, 0) is 92.2 Å². The molecule has 0 bridgehead atoms. The van der Waals surface area contributed by atoms with Gasteiger partial charge in [0.25, 0.3) is 17.4 Å². The summed E-state index contributed by atoms with van der Waals surface area (Å²) in [5.41, 5.74) is 7.20. The van der Waals surface area contributed by atoms with Crippen molar-refractivity contribution in [1.82, 2.24) is 46.4 Å². The van der Waals surface area contributed by atoms with Crippen LogP contribution in [0.5, 0.6) is 0 Å². The number of nitrogens with one attached hydrogen (secondary N) is 6. The third-order valence-electron chi connectivity index (χ3n) is 14.0. The van der Waals surface area contributed by atoms with Gasteiger partial charge in [0.2, 0.25) is 35.4 Å². The zero-order valence-electron chi connectivity index (χ0n) is 47.3. The standard InChI is InChI=1S/C30H41N7O9.C27H29FN2O3.C2H6/c1-21(38)31-13-15-46-20-35-26(41)18-34-30(45)23(16-22-8-4-2-5-9-22)36-27(42)19-33-25(40)17-32-24(39)10-6-3-7-14-37-28(43)11-12-29(37)44;1-5-13(2)9-19-18(26(32)15(4)31)10-23-25-20(12-30(23)27(19)33)17-8-6-7-16-14(3)21(28)11-22(29-25)24(16)17;1-2/h2,4-5,8-9,11-12,23H,3,6-7,10,13-20H2,1H3,(H,31,38)(H,32,39)(H,33,40)(H,34,45)(H,35,41)(H,36,42);10-11,13,26,32H,5-9,12H2,1-4H3;1-2H3. The number of hydrogen-bond acceptors (Lipinski definition) is 13. The van der Waals surface area contributed by atoms with Crippen LogP contribution in [0.3, 0.4) is 0 Å². The molecule has 0 radical (unpaired) electrons. The molecule has 0 saturated carbocycles. The number of ether oxygens (including phenoxy) is 1. The molecule has 1 aliphatic carbocycles. The lowest BCUT2D eigenvalue weighted by Gasteiger charge is -2.21. The molecule has 81 heavy (non-hydrogen) atoms. The van der Waals surface area contributed by atoms with Crippen LogP contribution < -0.4 is 37.5 Å². The minimum absolute atomic E-state index is 0.123. The van der Waals surface area contributed by atoms with E-state index in [2.05, 4.69) is 45.7 Å². The maximum Gasteiger partial charge on any atom is 0.254 e. The van der Waals surface area contributed by atoms with Crippen LogP contribution in [0.2, 0.25) is 0 Å². The Bertz CT molecular complexity index is 3050. The molecule has 8 amide bonds. The van der Waals surface area contributed by atoms with E-state index in [1.54, 1.807) is 41.0 Å². The number of carbonyl (C=O) groups excluding carboxylic acids is 9. The Labute approximate surface area is 470 Å². The number of carbonyl (C=O) groups is 9. The Morgan fingerprint density at radius 1 is 0.790 bits per heavy atom. The minimum atomic E-state index is -1.35. The molecule has 7 N–H and O–H groups in total. The van der Waals surface area contributed by atoms with Gasteiger partial charge in [0.1, 0.15) is 24.7 Å². The molecule has 4 heterocycles. The van der Waals surface area contributed by atoms with Gasteiger partial charge in [-0.3, -0.25) is 52.8 Å². The number of amides is 8. The number of ketones is 1. The molecule has 7 rings (SSSR count). The fraction of sp³-hybridized carbons (Fsp3) is 0.475. The van der Waals surface area contributed by atoms with Crippen LogP contribution in [0.1, 0.15) is 125 Å². The number of aromatic nitrogens is 2. The first kappa shape index (κ1) is 63.8. The molecule has 3 atom stereocenters. The van der Waals surface area contributed by atoms with E-state index in [1.165, 1.54) is 32.1 Å². The molecule has 2 aliphatic heterocycles. The highest BCUT2D eigenvalue weighted by Crippen LogP contribution is 2.42. The van der Waals surface area contributed by atoms with Gasteiger partial charge in [0.05, 0.1) is 49.7 Å². The van der Waals surface area contributed by atoms with E-state index in [9.17, 15) is 57.4 Å². The number of hydrogen-bond donors (Lipinski definition) is 7. The van der Waals surface area contributed by atoms with Gasteiger partial charge < -0.3 is 46.3 Å². The fourth-order valence-corrected chi connectivity index (χ4v) is 9.54. The number of aliphatic hydroxyl groups excluding tert-OH is 1. The minimum Gasteiger partial charge on any atom is -0.381 e. The van der Waals surface area contributed by atoms with Crippen LogP contribution in [-0.2, 0) is 80.1 Å². The number of aryl methyl sites for hydroxylation is 2. The van der Waals surface area contributed by atoms with Gasteiger partial charge in [-0.25, -0.2) is 9.37 Å². The summed E-state index contributed by atoms with van der Waals surface area (Å²) in [6, 6.07) is 11.1. The average Bonchev–Trinajstić information content (AvgIpc) is 4.10. The number of rotatable bonds is 26. The second kappa shape index (κ2) is 31.1. The zero-order valence-corrected chi connectivity index (χ0v) is 47.3. The normalized spacial score (nSPS) is 13.8. The van der Waals surface area contributed by atoms with E-state index in [4.69, 9.17) is 9.72 Å². The van der Waals surface area contributed by atoms with E-state index in [0.29, 0.717) is 65.8 Å². The first-order valence-electron chi connectivity index (χ1n) is 27.6. The molecule has 3 aliphatic rings. The first-order valence-corrected chi connectivity index (χ1v) is 27.6. The Hall–Kier alpha value is -7.98. The van der Waals surface area contributed by atoms with Crippen molar-refractivity contribution in [3.8, 4) is 11.4 Å². The van der Waals surface area contributed by atoms with Crippen LogP contribution in [0.25, 0.3) is 22.3 Å². The van der Waals surface area contributed by atoms with Crippen molar-refractivity contribution in [2.45, 2.75) is 131 Å². The monoisotopic (exact) mass is 1120 g/mol. The number of unbranched alkanes of at least 4 members (excludes halogenated alkanes) is 2. The van der Waals surface area contributed by atoms with Gasteiger partial charge >= 0.3 is 0 Å². The second-order valence-electron chi connectivity index (χ2n) is 19.9. The summed E-state index contributed by atoms with van der Waals surface area (Å²) in [6.07, 6.45) is 7.03. The molecular weight excluding hydrogens is 1050 g/mol. The number of imide groups is 1. The third-order valence-corrected chi connectivity index (χ3v) is 14.0. The lowest BCUT2D eigenvalue weighted by molar-refractivity contribution is -0.137. The summed E-state index contributed by atoms with van der Waals surface area (Å²) in [4.78, 5) is 127. The molecular formula is C59H76FN9O12. The molecule has 3 unspecified atom stereocenters. The maximum atomic E-state index is 14.7. The van der Waals surface area contributed by atoms with E-state index in [1.807, 2.05) is 20.8 Å². The summed E-state index contributed by atoms with van der Waals surface area (Å²) in [6.45, 7) is 12.5. The molecule has 0 fully saturated rings. The van der Waals surface area contributed by atoms with E-state index >= 15 is 0 Å². The number of halogens is 1. The molecule has 436 valence electrons. The average molecular weight is 1120 g/mol. The Kier molecular flexibility index (Phi) is 24.5.